The number of nitriles is 1. The van der Waals surface area contributed by atoms with Crippen molar-refractivity contribution in [1.29, 1.82) is 5.26 Å². The molecule has 0 saturated carbocycles. The molecule has 3 aromatic rings. The molecule has 0 amide bonds. The first-order chi connectivity index (χ1) is 12.9. The molecule has 136 valence electrons. The zero-order valence-electron chi connectivity index (χ0n) is 13.7. The molecule has 0 aliphatic heterocycles. The van der Waals surface area contributed by atoms with E-state index in [0.717, 1.165) is 12.1 Å². The van der Waals surface area contributed by atoms with E-state index in [4.69, 9.17) is 16.2 Å². The lowest BCUT2D eigenvalue weighted by atomic mass is 10.1. The molecule has 2 aromatic carbocycles. The average Bonchev–Trinajstić information content (AvgIpc) is 2.64. The van der Waals surface area contributed by atoms with Gasteiger partial charge in [0.15, 0.2) is 17.5 Å². The first-order valence-electron chi connectivity index (χ1n) is 7.58. The van der Waals surface area contributed by atoms with Crippen LogP contribution in [0.3, 0.4) is 0 Å². The van der Waals surface area contributed by atoms with Crippen LogP contribution in [0, 0.1) is 28.8 Å². The summed E-state index contributed by atoms with van der Waals surface area (Å²) in [6.07, 6.45) is 0. The van der Waals surface area contributed by atoms with E-state index in [1.54, 1.807) is 24.3 Å². The van der Waals surface area contributed by atoms with Crippen molar-refractivity contribution in [1.82, 2.24) is 9.97 Å². The van der Waals surface area contributed by atoms with Crippen LogP contribution >= 0.6 is 0 Å². The molecule has 6 nitrogen and oxygen atoms in total. The van der Waals surface area contributed by atoms with Crippen molar-refractivity contribution < 1.29 is 17.9 Å². The van der Waals surface area contributed by atoms with Crippen molar-refractivity contribution in [3.05, 3.63) is 65.0 Å². The number of rotatable bonds is 4. The van der Waals surface area contributed by atoms with Crippen LogP contribution in [0.25, 0.3) is 11.3 Å². The summed E-state index contributed by atoms with van der Waals surface area (Å²) >= 11 is 0. The number of halogens is 3. The Labute approximate surface area is 151 Å². The van der Waals surface area contributed by atoms with Gasteiger partial charge in [0, 0.05) is 17.7 Å². The van der Waals surface area contributed by atoms with Gasteiger partial charge >= 0.3 is 0 Å². The Kier molecular flexibility index (Phi) is 4.81. The van der Waals surface area contributed by atoms with E-state index in [-0.39, 0.29) is 35.4 Å². The number of hydrogen-bond acceptors (Lipinski definition) is 6. The molecule has 0 unspecified atom stereocenters. The molecule has 0 aliphatic rings. The Morgan fingerprint density at radius 3 is 2.22 bits per heavy atom. The summed E-state index contributed by atoms with van der Waals surface area (Å²) in [5.74, 6) is -4.43. The second kappa shape index (κ2) is 7.21. The van der Waals surface area contributed by atoms with E-state index in [9.17, 15) is 18.4 Å². The summed E-state index contributed by atoms with van der Waals surface area (Å²) in [6, 6.07) is 10.1. The summed E-state index contributed by atoms with van der Waals surface area (Å²) in [5.41, 5.74) is 12.9. The Bertz CT molecular complexity index is 1030. The van der Waals surface area contributed by atoms with Crippen LogP contribution in [-0.4, -0.2) is 9.97 Å². The molecular weight excluding hydrogens is 359 g/mol. The number of anilines is 2. The first kappa shape index (κ1) is 18.0. The minimum absolute atomic E-state index is 0.00997. The highest BCUT2D eigenvalue weighted by atomic mass is 19.2. The fourth-order valence-corrected chi connectivity index (χ4v) is 2.36. The maximum Gasteiger partial charge on any atom is 0.222 e. The largest absolute Gasteiger partial charge is 0.489 e. The summed E-state index contributed by atoms with van der Waals surface area (Å²) in [4.78, 5) is 7.79. The monoisotopic (exact) mass is 371 g/mol. The van der Waals surface area contributed by atoms with Crippen molar-refractivity contribution >= 4 is 11.8 Å². The summed E-state index contributed by atoms with van der Waals surface area (Å²) in [7, 11) is 0. The first-order valence-corrected chi connectivity index (χ1v) is 7.58. The topological polar surface area (TPSA) is 111 Å². The van der Waals surface area contributed by atoms with Gasteiger partial charge in [0.05, 0.1) is 5.69 Å². The molecule has 9 heteroatoms. The van der Waals surface area contributed by atoms with E-state index in [1.807, 2.05) is 6.07 Å². The molecule has 0 bridgehead atoms. The molecule has 0 saturated heterocycles. The van der Waals surface area contributed by atoms with Crippen molar-refractivity contribution in [3.8, 4) is 23.1 Å². The van der Waals surface area contributed by atoms with Gasteiger partial charge in [-0.05, 0) is 5.56 Å². The van der Waals surface area contributed by atoms with Crippen LogP contribution < -0.4 is 16.2 Å². The quantitative estimate of drug-likeness (QED) is 0.682. The smallest absolute Gasteiger partial charge is 0.222 e. The van der Waals surface area contributed by atoms with Gasteiger partial charge in [-0.3, -0.25) is 0 Å². The maximum absolute atomic E-state index is 13.2. The predicted octanol–water partition coefficient (Wildman–Crippen LogP) is 3.18. The van der Waals surface area contributed by atoms with Gasteiger partial charge in [-0.15, -0.1) is 0 Å². The highest BCUT2D eigenvalue weighted by Gasteiger charge is 2.14. The van der Waals surface area contributed by atoms with E-state index in [1.165, 1.54) is 0 Å². The third-order valence-corrected chi connectivity index (χ3v) is 3.66. The van der Waals surface area contributed by atoms with E-state index >= 15 is 0 Å². The number of nitrogens with two attached hydrogens (primary N) is 2. The summed E-state index contributed by atoms with van der Waals surface area (Å²) < 4.78 is 44.6. The number of hydrogen-bond donors (Lipinski definition) is 2. The van der Waals surface area contributed by atoms with E-state index < -0.39 is 17.5 Å². The Morgan fingerprint density at radius 1 is 1.00 bits per heavy atom. The van der Waals surface area contributed by atoms with Crippen LogP contribution in [-0.2, 0) is 6.61 Å². The third kappa shape index (κ3) is 3.74. The molecular formula is C18H12F3N5O. The highest BCUT2D eigenvalue weighted by molar-refractivity contribution is 5.73. The number of nitrogen functional groups attached to an aromatic ring is 2. The minimum atomic E-state index is -1.55. The minimum Gasteiger partial charge on any atom is -0.489 e. The Morgan fingerprint density at radius 2 is 1.63 bits per heavy atom. The van der Waals surface area contributed by atoms with Crippen molar-refractivity contribution in [2.75, 3.05) is 11.5 Å². The predicted molar refractivity (Wildman–Crippen MR) is 91.7 cm³/mol. The summed E-state index contributed by atoms with van der Waals surface area (Å²) in [5, 5.41) is 9.22. The molecule has 4 N–H and O–H groups in total. The molecule has 0 fully saturated rings. The highest BCUT2D eigenvalue weighted by Crippen LogP contribution is 2.26. The van der Waals surface area contributed by atoms with Gasteiger partial charge in [0.25, 0.3) is 0 Å². The molecule has 0 spiro atoms. The fourth-order valence-electron chi connectivity index (χ4n) is 2.36. The fraction of sp³-hybridized carbons (Fsp3) is 0.0556. The van der Waals surface area contributed by atoms with Gasteiger partial charge in [-0.1, -0.05) is 24.3 Å². The van der Waals surface area contributed by atoms with E-state index in [2.05, 4.69) is 9.97 Å². The van der Waals surface area contributed by atoms with Gasteiger partial charge in [-0.25, -0.2) is 18.2 Å². The Hall–Kier alpha value is -3.80. The van der Waals surface area contributed by atoms with Crippen LogP contribution in [0.2, 0.25) is 0 Å². The second-order valence-corrected chi connectivity index (χ2v) is 5.49. The van der Waals surface area contributed by atoms with Gasteiger partial charge in [-0.2, -0.15) is 10.2 Å². The van der Waals surface area contributed by atoms with Crippen LogP contribution in [0.4, 0.5) is 24.9 Å². The number of nitrogens with zero attached hydrogens (tertiary/aromatic N) is 3. The van der Waals surface area contributed by atoms with Gasteiger partial charge in [0.1, 0.15) is 29.8 Å². The van der Waals surface area contributed by atoms with Gasteiger partial charge in [0.2, 0.25) is 5.95 Å². The number of aromatic nitrogens is 2. The molecule has 3 rings (SSSR count). The molecule has 0 aliphatic carbocycles. The second-order valence-electron chi connectivity index (χ2n) is 5.49. The zero-order chi connectivity index (χ0) is 19.6. The molecule has 1 aromatic heterocycles. The SMILES string of the molecule is N#Cc1c(N)nc(N)nc1-c1ccc(COc2cc(F)c(F)c(F)c2)cc1. The lowest BCUT2D eigenvalue weighted by molar-refractivity contribution is 0.299. The van der Waals surface area contributed by atoms with Crippen molar-refractivity contribution in [2.45, 2.75) is 6.61 Å². The maximum atomic E-state index is 13.2. The molecule has 0 atom stereocenters. The molecule has 27 heavy (non-hydrogen) atoms. The third-order valence-electron chi connectivity index (χ3n) is 3.66. The van der Waals surface area contributed by atoms with Crippen molar-refractivity contribution in [3.63, 3.8) is 0 Å². The normalized spacial score (nSPS) is 10.4. The van der Waals surface area contributed by atoms with Crippen molar-refractivity contribution in [2.24, 2.45) is 0 Å². The standard InChI is InChI=1S/C18H12F3N5O/c19-13-5-11(6-14(20)15(13)21)27-8-9-1-3-10(4-2-9)16-12(7-22)17(23)26-18(24)25-16/h1-6H,8H2,(H4,23,24,25,26). The van der Waals surface area contributed by atoms with Crippen LogP contribution in [0.1, 0.15) is 11.1 Å². The number of ether oxygens (including phenoxy) is 1. The lowest BCUT2D eigenvalue weighted by Crippen LogP contribution is -2.05. The van der Waals surface area contributed by atoms with Crippen LogP contribution in [0.5, 0.6) is 5.75 Å². The lowest BCUT2D eigenvalue weighted by Gasteiger charge is -2.09. The zero-order valence-corrected chi connectivity index (χ0v) is 13.7. The summed E-state index contributed by atoms with van der Waals surface area (Å²) in [6.45, 7) is -0.00997. The average molecular weight is 371 g/mol. The molecule has 1 heterocycles. The Balaban J connectivity index is 1.80. The van der Waals surface area contributed by atoms with E-state index in [0.29, 0.717) is 11.1 Å². The van der Waals surface area contributed by atoms with Crippen LogP contribution in [0.15, 0.2) is 36.4 Å². The van der Waals surface area contributed by atoms with Gasteiger partial charge < -0.3 is 16.2 Å². The number of benzene rings is 2. The molecule has 0 radical (unpaired) electrons.